The van der Waals surface area contributed by atoms with Crippen LogP contribution in [0.1, 0.15) is 21.5 Å². The van der Waals surface area contributed by atoms with Gasteiger partial charge in [-0.05, 0) is 35.7 Å². The lowest BCUT2D eigenvalue weighted by Crippen LogP contribution is -2.38. The maximum absolute atomic E-state index is 12.3. The molecule has 3 rings (SSSR count). The first-order chi connectivity index (χ1) is 13.0. The van der Waals surface area contributed by atoms with Crippen molar-refractivity contribution in [2.75, 3.05) is 19.7 Å². The van der Waals surface area contributed by atoms with E-state index in [0.29, 0.717) is 30.8 Å². The fourth-order valence-electron chi connectivity index (χ4n) is 2.92. The molecule has 0 radical (unpaired) electrons. The van der Waals surface area contributed by atoms with Gasteiger partial charge in [-0.15, -0.1) is 0 Å². The predicted molar refractivity (Wildman–Crippen MR) is 97.5 cm³/mol. The highest BCUT2D eigenvalue weighted by Gasteiger charge is 2.27. The molecule has 0 saturated heterocycles. The van der Waals surface area contributed by atoms with Gasteiger partial charge in [0.2, 0.25) is 5.91 Å². The van der Waals surface area contributed by atoms with Gasteiger partial charge in [0, 0.05) is 18.7 Å². The van der Waals surface area contributed by atoms with Crippen molar-refractivity contribution < 1.29 is 24.2 Å². The monoisotopic (exact) mass is 368 g/mol. The molecule has 0 atom stereocenters. The van der Waals surface area contributed by atoms with Gasteiger partial charge in [-0.2, -0.15) is 0 Å². The molecule has 2 N–H and O–H groups in total. The summed E-state index contributed by atoms with van der Waals surface area (Å²) in [6.45, 7) is 0.563. The minimum absolute atomic E-state index is 0.0372. The van der Waals surface area contributed by atoms with E-state index in [1.807, 2.05) is 30.3 Å². The van der Waals surface area contributed by atoms with Crippen LogP contribution in [0, 0.1) is 0 Å². The molecule has 1 aliphatic heterocycles. The Morgan fingerprint density at radius 1 is 1.11 bits per heavy atom. The standard InChI is InChI=1S/C20H20N2O5/c23-18(12-22-11-15-3-1-2-4-17(15)20(22)26)21-10-9-14-5-7-16(8-6-14)27-13-19(24)25/h1-8H,9-13H2,(H,21,23)(H,24,25). The molecule has 7 heteroatoms. The Balaban J connectivity index is 1.41. The Hall–Kier alpha value is -3.35. The molecule has 0 bridgehead atoms. The lowest BCUT2D eigenvalue weighted by atomic mass is 10.1. The van der Waals surface area contributed by atoms with Gasteiger partial charge in [0.15, 0.2) is 6.61 Å². The molecule has 0 fully saturated rings. The fourth-order valence-corrected chi connectivity index (χ4v) is 2.92. The Morgan fingerprint density at radius 3 is 2.56 bits per heavy atom. The first kappa shape index (κ1) is 18.4. The number of carbonyl (C=O) groups is 3. The molecule has 2 aromatic rings. The molecule has 7 nitrogen and oxygen atoms in total. The number of hydrogen-bond donors (Lipinski definition) is 2. The number of aliphatic carboxylic acids is 1. The Kier molecular flexibility index (Phi) is 5.71. The van der Waals surface area contributed by atoms with Crippen LogP contribution in [-0.4, -0.2) is 47.5 Å². The van der Waals surface area contributed by atoms with E-state index in [4.69, 9.17) is 9.84 Å². The first-order valence-electron chi connectivity index (χ1n) is 8.60. The number of carboxylic acid groups (broad SMARTS) is 1. The van der Waals surface area contributed by atoms with Gasteiger partial charge in [0.1, 0.15) is 12.3 Å². The average molecular weight is 368 g/mol. The van der Waals surface area contributed by atoms with Crippen LogP contribution in [0.4, 0.5) is 0 Å². The number of fused-ring (bicyclic) bond motifs is 1. The second-order valence-corrected chi connectivity index (χ2v) is 6.24. The van der Waals surface area contributed by atoms with E-state index in [0.717, 1.165) is 11.1 Å². The molecular formula is C20H20N2O5. The number of nitrogens with one attached hydrogen (secondary N) is 1. The van der Waals surface area contributed by atoms with E-state index in [1.54, 1.807) is 18.2 Å². The van der Waals surface area contributed by atoms with Gasteiger partial charge in [-0.25, -0.2) is 4.79 Å². The third-order valence-corrected chi connectivity index (χ3v) is 4.25. The number of nitrogens with zero attached hydrogens (tertiary/aromatic N) is 1. The summed E-state index contributed by atoms with van der Waals surface area (Å²) in [5.74, 6) is -0.853. The van der Waals surface area contributed by atoms with Crippen LogP contribution in [0.15, 0.2) is 48.5 Å². The minimum Gasteiger partial charge on any atom is -0.482 e. The number of amides is 2. The molecule has 0 aromatic heterocycles. The predicted octanol–water partition coefficient (Wildman–Crippen LogP) is 1.46. The molecule has 0 spiro atoms. The van der Waals surface area contributed by atoms with Gasteiger partial charge in [-0.3, -0.25) is 9.59 Å². The van der Waals surface area contributed by atoms with Crippen molar-refractivity contribution in [1.82, 2.24) is 10.2 Å². The quantitative estimate of drug-likeness (QED) is 0.736. The summed E-state index contributed by atoms with van der Waals surface area (Å²) in [7, 11) is 0. The molecule has 1 aliphatic rings. The topological polar surface area (TPSA) is 95.9 Å². The van der Waals surface area contributed by atoms with Crippen molar-refractivity contribution in [1.29, 1.82) is 0 Å². The molecule has 0 saturated carbocycles. The number of rotatable bonds is 8. The zero-order valence-electron chi connectivity index (χ0n) is 14.7. The van der Waals surface area contributed by atoms with Crippen LogP contribution < -0.4 is 10.1 Å². The van der Waals surface area contributed by atoms with Gasteiger partial charge in [0.25, 0.3) is 5.91 Å². The number of hydrogen-bond acceptors (Lipinski definition) is 4. The van der Waals surface area contributed by atoms with Crippen molar-refractivity contribution >= 4 is 17.8 Å². The highest BCUT2D eigenvalue weighted by Crippen LogP contribution is 2.21. The third-order valence-electron chi connectivity index (χ3n) is 4.25. The lowest BCUT2D eigenvalue weighted by Gasteiger charge is -2.15. The lowest BCUT2D eigenvalue weighted by molar-refractivity contribution is -0.139. The van der Waals surface area contributed by atoms with E-state index in [2.05, 4.69) is 5.32 Å². The van der Waals surface area contributed by atoms with E-state index in [-0.39, 0.29) is 25.0 Å². The highest BCUT2D eigenvalue weighted by molar-refractivity contribution is 6.00. The normalized spacial score (nSPS) is 12.6. The molecule has 0 unspecified atom stereocenters. The summed E-state index contributed by atoms with van der Waals surface area (Å²) in [4.78, 5) is 36.4. The molecular weight excluding hydrogens is 348 g/mol. The zero-order valence-corrected chi connectivity index (χ0v) is 14.7. The van der Waals surface area contributed by atoms with Gasteiger partial charge >= 0.3 is 5.97 Å². The molecule has 2 aromatic carbocycles. The molecule has 2 amide bonds. The third kappa shape index (κ3) is 4.84. The van der Waals surface area contributed by atoms with Gasteiger partial charge < -0.3 is 20.1 Å². The van der Waals surface area contributed by atoms with Crippen LogP contribution in [0.25, 0.3) is 0 Å². The Morgan fingerprint density at radius 2 is 1.85 bits per heavy atom. The highest BCUT2D eigenvalue weighted by atomic mass is 16.5. The molecule has 1 heterocycles. The van der Waals surface area contributed by atoms with Gasteiger partial charge in [0.05, 0.1) is 0 Å². The minimum atomic E-state index is -1.03. The van der Waals surface area contributed by atoms with E-state index >= 15 is 0 Å². The van der Waals surface area contributed by atoms with Gasteiger partial charge in [-0.1, -0.05) is 30.3 Å². The van der Waals surface area contributed by atoms with Crippen molar-refractivity contribution in [3.63, 3.8) is 0 Å². The average Bonchev–Trinajstić information content (AvgIpc) is 2.97. The number of carbonyl (C=O) groups excluding carboxylic acids is 2. The van der Waals surface area contributed by atoms with E-state index in [9.17, 15) is 14.4 Å². The Labute approximate surface area is 156 Å². The number of carboxylic acids is 1. The second-order valence-electron chi connectivity index (χ2n) is 6.24. The molecule has 27 heavy (non-hydrogen) atoms. The van der Waals surface area contributed by atoms with Crippen LogP contribution in [0.3, 0.4) is 0 Å². The number of benzene rings is 2. The molecule has 0 aliphatic carbocycles. The van der Waals surface area contributed by atoms with Crippen molar-refractivity contribution in [2.24, 2.45) is 0 Å². The summed E-state index contributed by atoms with van der Waals surface area (Å²) < 4.78 is 5.07. The van der Waals surface area contributed by atoms with Crippen LogP contribution in [0.5, 0.6) is 5.75 Å². The van der Waals surface area contributed by atoms with E-state index in [1.165, 1.54) is 4.90 Å². The summed E-state index contributed by atoms with van der Waals surface area (Å²) in [5.41, 5.74) is 2.60. The molecule has 140 valence electrons. The zero-order chi connectivity index (χ0) is 19.2. The second kappa shape index (κ2) is 8.35. The Bertz CT molecular complexity index is 848. The van der Waals surface area contributed by atoms with Crippen LogP contribution in [0.2, 0.25) is 0 Å². The largest absolute Gasteiger partial charge is 0.482 e. The van der Waals surface area contributed by atoms with Crippen LogP contribution >= 0.6 is 0 Å². The summed E-state index contributed by atoms with van der Waals surface area (Å²) in [6.07, 6.45) is 0.624. The van der Waals surface area contributed by atoms with Crippen molar-refractivity contribution in [2.45, 2.75) is 13.0 Å². The van der Waals surface area contributed by atoms with Crippen molar-refractivity contribution in [3.8, 4) is 5.75 Å². The van der Waals surface area contributed by atoms with Crippen LogP contribution in [-0.2, 0) is 22.6 Å². The van der Waals surface area contributed by atoms with Crippen molar-refractivity contribution in [3.05, 3.63) is 65.2 Å². The maximum atomic E-state index is 12.3. The summed E-state index contributed by atoms with van der Waals surface area (Å²) in [6, 6.07) is 14.4. The summed E-state index contributed by atoms with van der Waals surface area (Å²) in [5, 5.41) is 11.4. The summed E-state index contributed by atoms with van der Waals surface area (Å²) >= 11 is 0. The maximum Gasteiger partial charge on any atom is 0.341 e. The van der Waals surface area contributed by atoms with E-state index < -0.39 is 5.97 Å². The first-order valence-corrected chi connectivity index (χ1v) is 8.60. The fraction of sp³-hybridized carbons (Fsp3) is 0.250. The smallest absolute Gasteiger partial charge is 0.341 e. The SMILES string of the molecule is O=C(O)COc1ccc(CCNC(=O)CN2Cc3ccccc3C2=O)cc1. The number of ether oxygens (including phenoxy) is 1.